The molecule has 0 N–H and O–H groups in total. The lowest BCUT2D eigenvalue weighted by Crippen LogP contribution is -1.91. The Morgan fingerprint density at radius 2 is 2.00 bits per heavy atom. The second-order valence-electron chi connectivity index (χ2n) is 3.43. The summed E-state index contributed by atoms with van der Waals surface area (Å²) in [6.45, 7) is 0. The van der Waals surface area contributed by atoms with Gasteiger partial charge in [-0.25, -0.2) is 0 Å². The monoisotopic (exact) mass is 248 g/mol. The van der Waals surface area contributed by atoms with Crippen molar-refractivity contribution in [3.63, 3.8) is 0 Å². The maximum absolute atomic E-state index is 10.8. The number of hydrogen-bond donors (Lipinski definition) is 0. The molecule has 74 valence electrons. The van der Waals surface area contributed by atoms with Gasteiger partial charge in [-0.15, -0.1) is 0 Å². The molecule has 1 fully saturated rings. The van der Waals surface area contributed by atoms with E-state index in [0.29, 0.717) is 10.0 Å². The van der Waals surface area contributed by atoms with Gasteiger partial charge in [-0.2, -0.15) is 0 Å². The van der Waals surface area contributed by atoms with Crippen LogP contribution in [0.4, 0.5) is 0 Å². The minimum absolute atomic E-state index is 0.0334. The summed E-state index contributed by atoms with van der Waals surface area (Å²) in [6, 6.07) is 5.43. The van der Waals surface area contributed by atoms with Crippen molar-refractivity contribution >= 4 is 40.0 Å². The Balaban J connectivity index is 2.20. The fraction of sp³-hybridized carbons (Fsp3) is 0.300. The lowest BCUT2D eigenvalue weighted by molar-refractivity contribution is -0.112. The molecule has 1 nitrogen and oxygen atoms in total. The molecular weight excluding hydrogens is 242 g/mol. The number of carbonyl (C=O) groups is 1. The molecular formula is C10H7Cl3O. The maximum Gasteiger partial charge on any atom is 0.225 e. The first-order chi connectivity index (χ1) is 6.59. The standard InChI is InChI=1S/C10H7Cl3O/c11-8-2-1-5(3-9(8)12)6-4-7(6)10(13)14/h1-3,6-7H,4H2. The second kappa shape index (κ2) is 3.73. The Kier molecular flexibility index (Phi) is 2.74. The van der Waals surface area contributed by atoms with E-state index in [1.807, 2.05) is 6.07 Å². The summed E-state index contributed by atoms with van der Waals surface area (Å²) in [7, 11) is 0. The highest BCUT2D eigenvalue weighted by molar-refractivity contribution is 6.64. The van der Waals surface area contributed by atoms with Crippen LogP contribution in [-0.2, 0) is 4.79 Å². The van der Waals surface area contributed by atoms with Crippen LogP contribution in [-0.4, -0.2) is 5.24 Å². The molecule has 2 unspecified atom stereocenters. The lowest BCUT2D eigenvalue weighted by Gasteiger charge is -2.00. The third-order valence-electron chi connectivity index (χ3n) is 2.45. The van der Waals surface area contributed by atoms with E-state index >= 15 is 0 Å². The van der Waals surface area contributed by atoms with E-state index in [1.165, 1.54) is 0 Å². The van der Waals surface area contributed by atoms with Gasteiger partial charge in [-0.05, 0) is 41.6 Å². The first-order valence-electron chi connectivity index (χ1n) is 4.24. The minimum Gasteiger partial charge on any atom is -0.281 e. The normalized spacial score (nSPS) is 24.8. The topological polar surface area (TPSA) is 17.1 Å². The maximum atomic E-state index is 10.8. The summed E-state index contributed by atoms with van der Waals surface area (Å²) in [4.78, 5) is 10.8. The van der Waals surface area contributed by atoms with E-state index in [-0.39, 0.29) is 17.1 Å². The summed E-state index contributed by atoms with van der Waals surface area (Å²) in [5, 5.41) is 0.794. The van der Waals surface area contributed by atoms with Crippen LogP contribution in [0.15, 0.2) is 18.2 Å². The Hall–Kier alpha value is -0.240. The number of carbonyl (C=O) groups excluding carboxylic acids is 1. The quantitative estimate of drug-likeness (QED) is 0.727. The van der Waals surface area contributed by atoms with E-state index in [2.05, 4.69) is 0 Å². The van der Waals surface area contributed by atoms with Crippen LogP contribution in [0, 0.1) is 5.92 Å². The highest BCUT2D eigenvalue weighted by atomic mass is 35.5. The van der Waals surface area contributed by atoms with Crippen LogP contribution in [0.5, 0.6) is 0 Å². The zero-order valence-corrected chi connectivity index (χ0v) is 9.40. The molecule has 4 heteroatoms. The Morgan fingerprint density at radius 1 is 1.29 bits per heavy atom. The molecule has 2 rings (SSSR count). The van der Waals surface area contributed by atoms with Crippen molar-refractivity contribution in [2.45, 2.75) is 12.3 Å². The van der Waals surface area contributed by atoms with Gasteiger partial charge in [0.2, 0.25) is 5.24 Å². The molecule has 1 aliphatic carbocycles. The molecule has 14 heavy (non-hydrogen) atoms. The third kappa shape index (κ3) is 1.90. The highest BCUT2D eigenvalue weighted by Crippen LogP contribution is 2.49. The summed E-state index contributed by atoms with van der Waals surface area (Å²) >= 11 is 17.0. The van der Waals surface area contributed by atoms with E-state index < -0.39 is 0 Å². The van der Waals surface area contributed by atoms with Crippen molar-refractivity contribution in [2.75, 3.05) is 0 Å². The lowest BCUT2D eigenvalue weighted by atomic mass is 10.1. The van der Waals surface area contributed by atoms with E-state index in [4.69, 9.17) is 34.8 Å². The molecule has 0 heterocycles. The van der Waals surface area contributed by atoms with Gasteiger partial charge in [0.25, 0.3) is 0 Å². The van der Waals surface area contributed by atoms with E-state index in [0.717, 1.165) is 12.0 Å². The number of halogens is 3. The van der Waals surface area contributed by atoms with Gasteiger partial charge < -0.3 is 0 Å². The summed E-state index contributed by atoms with van der Waals surface area (Å²) in [6.07, 6.45) is 0.820. The van der Waals surface area contributed by atoms with E-state index in [9.17, 15) is 4.79 Å². The van der Waals surface area contributed by atoms with Crippen LogP contribution in [0.1, 0.15) is 17.9 Å². The molecule has 1 aromatic carbocycles. The average Bonchev–Trinajstić information content (AvgIpc) is 2.89. The van der Waals surface area contributed by atoms with Crippen molar-refractivity contribution < 1.29 is 4.79 Å². The number of benzene rings is 1. The molecule has 2 atom stereocenters. The summed E-state index contributed by atoms with van der Waals surface area (Å²) in [5.74, 6) is 0.198. The summed E-state index contributed by atoms with van der Waals surface area (Å²) in [5.41, 5.74) is 1.04. The van der Waals surface area contributed by atoms with Crippen LogP contribution < -0.4 is 0 Å². The third-order valence-corrected chi connectivity index (χ3v) is 3.47. The van der Waals surface area contributed by atoms with Gasteiger partial charge in [0.05, 0.1) is 10.0 Å². The van der Waals surface area contributed by atoms with Crippen molar-refractivity contribution in [3.05, 3.63) is 33.8 Å². The smallest absolute Gasteiger partial charge is 0.225 e. The van der Waals surface area contributed by atoms with E-state index in [1.54, 1.807) is 12.1 Å². The Bertz CT molecular complexity index is 389. The molecule has 0 radical (unpaired) electrons. The number of rotatable bonds is 2. The van der Waals surface area contributed by atoms with Crippen molar-refractivity contribution in [2.24, 2.45) is 5.92 Å². The molecule has 0 amide bonds. The first-order valence-corrected chi connectivity index (χ1v) is 5.37. The van der Waals surface area contributed by atoms with Gasteiger partial charge in [-0.1, -0.05) is 29.3 Å². The van der Waals surface area contributed by atoms with Gasteiger partial charge in [0.15, 0.2) is 0 Å². The van der Waals surface area contributed by atoms with Crippen LogP contribution >= 0.6 is 34.8 Å². The van der Waals surface area contributed by atoms with Crippen molar-refractivity contribution in [1.82, 2.24) is 0 Å². The second-order valence-corrected chi connectivity index (χ2v) is 4.61. The molecule has 0 aliphatic heterocycles. The Labute approximate surface area is 97.0 Å². The molecule has 1 aromatic rings. The molecule has 0 aromatic heterocycles. The fourth-order valence-corrected chi connectivity index (χ4v) is 2.10. The van der Waals surface area contributed by atoms with Crippen molar-refractivity contribution in [3.8, 4) is 0 Å². The zero-order valence-electron chi connectivity index (χ0n) is 7.14. The molecule has 1 aliphatic rings. The average molecular weight is 250 g/mol. The molecule has 0 saturated heterocycles. The van der Waals surface area contributed by atoms with Crippen LogP contribution in [0.25, 0.3) is 0 Å². The first kappa shape index (κ1) is 10.3. The Morgan fingerprint density at radius 3 is 2.50 bits per heavy atom. The largest absolute Gasteiger partial charge is 0.281 e. The van der Waals surface area contributed by atoms with Crippen molar-refractivity contribution in [1.29, 1.82) is 0 Å². The van der Waals surface area contributed by atoms with Gasteiger partial charge >= 0.3 is 0 Å². The SMILES string of the molecule is O=C(Cl)C1CC1c1ccc(Cl)c(Cl)c1. The minimum atomic E-state index is -0.263. The summed E-state index contributed by atoms with van der Waals surface area (Å²) < 4.78 is 0. The predicted molar refractivity (Wildman–Crippen MR) is 58.2 cm³/mol. The van der Waals surface area contributed by atoms with Gasteiger partial charge in [0, 0.05) is 5.92 Å². The van der Waals surface area contributed by atoms with Gasteiger partial charge in [0.1, 0.15) is 0 Å². The molecule has 0 bridgehead atoms. The van der Waals surface area contributed by atoms with Crippen LogP contribution in [0.3, 0.4) is 0 Å². The number of hydrogen-bond acceptors (Lipinski definition) is 1. The van der Waals surface area contributed by atoms with Gasteiger partial charge in [-0.3, -0.25) is 4.79 Å². The fourth-order valence-electron chi connectivity index (χ4n) is 1.56. The van der Waals surface area contributed by atoms with Crippen LogP contribution in [0.2, 0.25) is 10.0 Å². The predicted octanol–water partition coefficient (Wildman–Crippen LogP) is 3.86. The highest BCUT2D eigenvalue weighted by Gasteiger charge is 2.43. The molecule has 0 spiro atoms. The molecule has 1 saturated carbocycles. The zero-order chi connectivity index (χ0) is 10.3.